The van der Waals surface area contributed by atoms with Gasteiger partial charge >= 0.3 is 13.8 Å². The van der Waals surface area contributed by atoms with E-state index >= 15 is 0 Å². The van der Waals surface area contributed by atoms with Gasteiger partial charge in [0.05, 0.1) is 17.1 Å². The number of carbonyl (C=O) groups is 3. The normalized spacial score (nSPS) is 16.5. The quantitative estimate of drug-likeness (QED) is 0.173. The van der Waals surface area contributed by atoms with Gasteiger partial charge in [-0.05, 0) is 62.8 Å². The van der Waals surface area contributed by atoms with Gasteiger partial charge in [-0.1, -0.05) is 77.1 Å². The van der Waals surface area contributed by atoms with Crippen LogP contribution >= 0.6 is 7.82 Å². The molecule has 5 N–H and O–H groups in total. The topological polar surface area (TPSA) is 162 Å². The molecule has 2 rings (SSSR count). The molecule has 11 heteroatoms. The van der Waals surface area contributed by atoms with Crippen LogP contribution in [0.15, 0.2) is 54.6 Å². The number of ketones is 2. The number of Topliss-reactive ketones (excluding diaryl/α,β-unsaturated/α-hetero) is 2. The number of hydrogen-bond donors (Lipinski definition) is 5. The van der Waals surface area contributed by atoms with Crippen molar-refractivity contribution in [2.75, 3.05) is 0 Å². The fraction of sp³-hybridized carbons (Fsp3) is 0.516. The third kappa shape index (κ3) is 9.85. The Morgan fingerprint density at radius 2 is 1.26 bits per heavy atom. The molecule has 0 aromatic heterocycles. The summed E-state index contributed by atoms with van der Waals surface area (Å²) in [5, 5.41) is 16.5. The molecular weight excluding hydrogens is 559 g/mol. The molecule has 0 spiro atoms. The third-order valence-corrected chi connectivity index (χ3v) is 8.06. The van der Waals surface area contributed by atoms with Crippen LogP contribution in [0.5, 0.6) is 5.75 Å². The maximum Gasteiger partial charge on any atom is 0.524 e. The van der Waals surface area contributed by atoms with Crippen LogP contribution in [0.1, 0.15) is 72.4 Å². The van der Waals surface area contributed by atoms with Crippen LogP contribution in [0.4, 0.5) is 0 Å². The molecule has 2 aromatic rings. The van der Waals surface area contributed by atoms with Gasteiger partial charge in [-0.3, -0.25) is 34.8 Å². The molecule has 42 heavy (non-hydrogen) atoms. The summed E-state index contributed by atoms with van der Waals surface area (Å²) in [6.07, 6.45) is 1.05. The first kappa shape index (κ1) is 35.3. The molecule has 10 nitrogen and oxygen atoms in total. The van der Waals surface area contributed by atoms with Crippen molar-refractivity contribution in [3.63, 3.8) is 0 Å². The van der Waals surface area contributed by atoms with Crippen LogP contribution < -0.4 is 15.2 Å². The predicted molar refractivity (Wildman–Crippen MR) is 161 cm³/mol. The van der Waals surface area contributed by atoms with Gasteiger partial charge in [0, 0.05) is 5.41 Å². The molecule has 4 atom stereocenters. The van der Waals surface area contributed by atoms with Crippen LogP contribution in [0.2, 0.25) is 0 Å². The van der Waals surface area contributed by atoms with Gasteiger partial charge in [-0.25, -0.2) is 4.57 Å². The molecule has 232 valence electrons. The van der Waals surface area contributed by atoms with Crippen LogP contribution in [0.25, 0.3) is 0 Å². The zero-order valence-electron chi connectivity index (χ0n) is 25.5. The number of carbonyl (C=O) groups excluding carboxylic acids is 2. The lowest BCUT2D eigenvalue weighted by Gasteiger charge is -2.40. The summed E-state index contributed by atoms with van der Waals surface area (Å²) >= 11 is 0. The highest BCUT2D eigenvalue weighted by molar-refractivity contribution is 7.46. The van der Waals surface area contributed by atoms with Crippen molar-refractivity contribution >= 4 is 25.4 Å². The lowest BCUT2D eigenvalue weighted by atomic mass is 9.76. The highest BCUT2D eigenvalue weighted by Crippen LogP contribution is 2.37. The third-order valence-electron chi connectivity index (χ3n) is 7.61. The van der Waals surface area contributed by atoms with Gasteiger partial charge in [-0.2, -0.15) is 0 Å². The summed E-state index contributed by atoms with van der Waals surface area (Å²) in [4.78, 5) is 58.2. The Morgan fingerprint density at radius 1 is 0.786 bits per heavy atom. The number of phosphoric ester groups is 1. The van der Waals surface area contributed by atoms with Gasteiger partial charge < -0.3 is 9.63 Å². The van der Waals surface area contributed by atoms with E-state index in [-0.39, 0.29) is 30.2 Å². The maximum absolute atomic E-state index is 14.3. The van der Waals surface area contributed by atoms with E-state index in [4.69, 9.17) is 9.79 Å². The lowest BCUT2D eigenvalue weighted by Crippen LogP contribution is -2.65. The fourth-order valence-corrected chi connectivity index (χ4v) is 5.37. The number of benzene rings is 2. The SMILES string of the molecule is CCC(C)(NC(Cc1ccc(OP(=O)(O)O)cc1)C(=O)O)C(=O)C(Cc1ccccc1)NC(C)(CC)C(=O)C(C)(C)C. The second kappa shape index (κ2) is 14.1. The number of rotatable bonds is 16. The Labute approximate surface area is 248 Å². The molecule has 2 aromatic carbocycles. The standard InChI is InChI=1S/C31H45N2O8P/c1-8-30(6,33-25(27(35)36)20-22-15-17-23(18-16-22)41-42(38,39)40)26(34)24(19-21-13-11-10-12-14-21)32-31(7,9-2)28(37)29(3,4)5/h10-18,24-25,32-33H,8-9,19-20H2,1-7H3,(H,35,36)(H2,38,39,40). The summed E-state index contributed by atoms with van der Waals surface area (Å²) in [5.41, 5.74) is -1.45. The highest BCUT2D eigenvalue weighted by atomic mass is 31.2. The molecule has 0 aliphatic carbocycles. The Hall–Kier alpha value is -2.88. The van der Waals surface area contributed by atoms with Crippen molar-refractivity contribution in [1.29, 1.82) is 0 Å². The first-order valence-electron chi connectivity index (χ1n) is 14.1. The second-order valence-electron chi connectivity index (χ2n) is 12.2. The van der Waals surface area contributed by atoms with Crippen LogP contribution in [0.3, 0.4) is 0 Å². The van der Waals surface area contributed by atoms with E-state index < -0.39 is 42.4 Å². The van der Waals surface area contributed by atoms with Crippen LogP contribution in [0, 0.1) is 5.41 Å². The van der Waals surface area contributed by atoms with Crippen molar-refractivity contribution in [3.8, 4) is 5.75 Å². The summed E-state index contributed by atoms with van der Waals surface area (Å²) in [5.74, 6) is -1.50. The summed E-state index contributed by atoms with van der Waals surface area (Å²) in [7, 11) is -4.73. The average Bonchev–Trinajstić information content (AvgIpc) is 2.91. The average molecular weight is 605 g/mol. The smallest absolute Gasteiger partial charge is 0.480 e. The number of carboxylic acid groups (broad SMARTS) is 1. The van der Waals surface area contributed by atoms with Crippen LogP contribution in [-0.4, -0.2) is 55.6 Å². The molecule has 0 aliphatic rings. The first-order chi connectivity index (χ1) is 19.3. The summed E-state index contributed by atoms with van der Waals surface area (Å²) in [6, 6.07) is 13.2. The van der Waals surface area contributed by atoms with E-state index in [9.17, 15) is 24.1 Å². The molecule has 0 aliphatic heterocycles. The number of hydrogen-bond acceptors (Lipinski definition) is 7. The fourth-order valence-electron chi connectivity index (χ4n) is 4.98. The largest absolute Gasteiger partial charge is 0.524 e. The Kier molecular flexibility index (Phi) is 11.8. The zero-order chi connectivity index (χ0) is 31.9. The number of carboxylic acids is 1. The Morgan fingerprint density at radius 3 is 1.71 bits per heavy atom. The van der Waals surface area contributed by atoms with Gasteiger partial charge in [0.25, 0.3) is 0 Å². The van der Waals surface area contributed by atoms with Gasteiger partial charge in [0.2, 0.25) is 0 Å². The molecule has 0 heterocycles. The summed E-state index contributed by atoms with van der Waals surface area (Å²) < 4.78 is 15.7. The molecule has 0 fully saturated rings. The van der Waals surface area contributed by atoms with E-state index in [0.29, 0.717) is 18.4 Å². The van der Waals surface area contributed by atoms with Crippen LogP contribution in [-0.2, 0) is 31.8 Å². The monoisotopic (exact) mass is 604 g/mol. The van der Waals surface area contributed by atoms with E-state index in [2.05, 4.69) is 15.2 Å². The van der Waals surface area contributed by atoms with Crippen molar-refractivity contribution < 1.29 is 38.4 Å². The van der Waals surface area contributed by atoms with Crippen molar-refractivity contribution in [3.05, 3.63) is 65.7 Å². The van der Waals surface area contributed by atoms with Crippen molar-refractivity contribution in [2.45, 2.75) is 97.3 Å². The Bertz CT molecular complexity index is 1270. The lowest BCUT2D eigenvalue weighted by molar-refractivity contribution is -0.141. The molecule has 0 radical (unpaired) electrons. The Balaban J connectivity index is 2.40. The summed E-state index contributed by atoms with van der Waals surface area (Å²) in [6.45, 7) is 12.7. The van der Waals surface area contributed by atoms with Crippen molar-refractivity contribution in [1.82, 2.24) is 10.6 Å². The van der Waals surface area contributed by atoms with E-state index in [1.165, 1.54) is 24.3 Å². The van der Waals surface area contributed by atoms with Gasteiger partial charge in [0.15, 0.2) is 11.6 Å². The van der Waals surface area contributed by atoms with E-state index in [1.54, 1.807) is 13.8 Å². The van der Waals surface area contributed by atoms with Crippen molar-refractivity contribution in [2.24, 2.45) is 5.41 Å². The molecular formula is C31H45N2O8P. The van der Waals surface area contributed by atoms with Gasteiger partial charge in [-0.15, -0.1) is 0 Å². The highest BCUT2D eigenvalue weighted by Gasteiger charge is 2.45. The van der Waals surface area contributed by atoms with E-state index in [1.807, 2.05) is 65.0 Å². The molecule has 0 saturated carbocycles. The minimum atomic E-state index is -4.73. The number of aliphatic carboxylic acids is 1. The number of phosphoric acid groups is 1. The van der Waals surface area contributed by atoms with E-state index in [0.717, 1.165) is 5.56 Å². The van der Waals surface area contributed by atoms with Gasteiger partial charge in [0.1, 0.15) is 11.8 Å². The predicted octanol–water partition coefficient (Wildman–Crippen LogP) is 4.47. The molecule has 0 bridgehead atoms. The first-order valence-corrected chi connectivity index (χ1v) is 15.6. The maximum atomic E-state index is 14.3. The molecule has 0 saturated heterocycles. The second-order valence-corrected chi connectivity index (χ2v) is 13.3. The minimum Gasteiger partial charge on any atom is -0.480 e. The molecule has 4 unspecified atom stereocenters. The minimum absolute atomic E-state index is 0.000357. The number of nitrogens with one attached hydrogen (secondary N) is 2. The zero-order valence-corrected chi connectivity index (χ0v) is 26.4. The molecule has 0 amide bonds.